The molecule has 0 fully saturated rings. The lowest BCUT2D eigenvalue weighted by atomic mass is 10.0. The molecule has 6 nitrogen and oxygen atoms in total. The molecule has 0 spiro atoms. The van der Waals surface area contributed by atoms with Crippen molar-refractivity contribution in [2.45, 2.75) is 19.9 Å². The first-order valence-corrected chi connectivity index (χ1v) is 6.62. The van der Waals surface area contributed by atoms with Gasteiger partial charge in [0.2, 0.25) is 0 Å². The Morgan fingerprint density at radius 1 is 1.29 bits per heavy atom. The summed E-state index contributed by atoms with van der Waals surface area (Å²) >= 11 is 0. The fourth-order valence-electron chi connectivity index (χ4n) is 1.98. The molecule has 1 amide bonds. The average molecular weight is 290 g/mol. The van der Waals surface area contributed by atoms with Gasteiger partial charge in [-0.05, 0) is 38.1 Å². The molecular formula is C15H18N2O4. The van der Waals surface area contributed by atoms with E-state index < -0.39 is 17.9 Å². The number of hydrogen-bond acceptors (Lipinski definition) is 3. The summed E-state index contributed by atoms with van der Waals surface area (Å²) in [5.74, 6) is -1.21. The molecule has 1 heterocycles. The lowest BCUT2D eigenvalue weighted by molar-refractivity contribution is -0.141. The predicted octanol–water partition coefficient (Wildman–Crippen LogP) is 2.02. The van der Waals surface area contributed by atoms with E-state index in [4.69, 9.17) is 9.84 Å². The zero-order chi connectivity index (χ0) is 15.6. The highest BCUT2D eigenvalue weighted by Gasteiger charge is 2.22. The van der Waals surface area contributed by atoms with Gasteiger partial charge in [0.25, 0.3) is 5.91 Å². The minimum atomic E-state index is -0.941. The summed E-state index contributed by atoms with van der Waals surface area (Å²) in [4.78, 5) is 26.0. The van der Waals surface area contributed by atoms with Crippen LogP contribution in [0.25, 0.3) is 10.9 Å². The van der Waals surface area contributed by atoms with Crippen molar-refractivity contribution in [3.63, 3.8) is 0 Å². The maximum Gasteiger partial charge on any atom is 0.308 e. The Kier molecular flexibility index (Phi) is 4.16. The first kappa shape index (κ1) is 14.9. The van der Waals surface area contributed by atoms with Crippen molar-refractivity contribution >= 4 is 22.8 Å². The molecule has 0 saturated carbocycles. The molecule has 1 aromatic carbocycles. The summed E-state index contributed by atoms with van der Waals surface area (Å²) in [6, 6.07) is 6.71. The third kappa shape index (κ3) is 3.16. The summed E-state index contributed by atoms with van der Waals surface area (Å²) in [5, 5.41) is 12.5. The lowest BCUT2D eigenvalue weighted by Gasteiger charge is -2.17. The first-order valence-electron chi connectivity index (χ1n) is 6.62. The second-order valence-electron chi connectivity index (χ2n) is 5.03. The maximum atomic E-state index is 12.1. The van der Waals surface area contributed by atoms with Gasteiger partial charge < -0.3 is 20.1 Å². The normalized spacial score (nSPS) is 13.7. The van der Waals surface area contributed by atoms with Gasteiger partial charge in [0.1, 0.15) is 11.4 Å². The number of aromatic amines is 1. The fourth-order valence-corrected chi connectivity index (χ4v) is 1.98. The molecule has 112 valence electrons. The topological polar surface area (TPSA) is 91.4 Å². The van der Waals surface area contributed by atoms with E-state index >= 15 is 0 Å². The standard InChI is InChI=1S/C15H18N2O4/c1-8(15(19)20)9(2)16-14(18)13-7-10-6-11(21-3)4-5-12(10)17-13/h4-9,17H,1-3H3,(H,16,18)(H,19,20). The number of amides is 1. The van der Waals surface area contributed by atoms with Crippen molar-refractivity contribution in [2.24, 2.45) is 5.92 Å². The number of carbonyl (C=O) groups is 2. The van der Waals surface area contributed by atoms with Crippen LogP contribution in [0.5, 0.6) is 5.75 Å². The summed E-state index contributed by atoms with van der Waals surface area (Å²) in [6.45, 7) is 3.23. The second-order valence-corrected chi connectivity index (χ2v) is 5.03. The highest BCUT2D eigenvalue weighted by atomic mass is 16.5. The Balaban J connectivity index is 2.18. The van der Waals surface area contributed by atoms with E-state index in [0.29, 0.717) is 11.4 Å². The third-order valence-electron chi connectivity index (χ3n) is 3.57. The molecule has 6 heteroatoms. The van der Waals surface area contributed by atoms with Crippen LogP contribution in [0.15, 0.2) is 24.3 Å². The summed E-state index contributed by atoms with van der Waals surface area (Å²) in [7, 11) is 1.58. The van der Waals surface area contributed by atoms with Gasteiger partial charge in [0, 0.05) is 16.9 Å². The van der Waals surface area contributed by atoms with Crippen molar-refractivity contribution < 1.29 is 19.4 Å². The Morgan fingerprint density at radius 2 is 2.00 bits per heavy atom. The summed E-state index contributed by atoms with van der Waals surface area (Å²) in [6.07, 6.45) is 0. The molecule has 0 bridgehead atoms. The summed E-state index contributed by atoms with van der Waals surface area (Å²) in [5.41, 5.74) is 1.21. The fraction of sp³-hybridized carbons (Fsp3) is 0.333. The molecule has 3 N–H and O–H groups in total. The number of carboxylic acid groups (broad SMARTS) is 1. The predicted molar refractivity (Wildman–Crippen MR) is 78.6 cm³/mol. The van der Waals surface area contributed by atoms with Gasteiger partial charge in [-0.3, -0.25) is 9.59 Å². The number of benzene rings is 1. The van der Waals surface area contributed by atoms with E-state index in [1.165, 1.54) is 0 Å². The molecular weight excluding hydrogens is 272 g/mol. The molecule has 0 radical (unpaired) electrons. The van der Waals surface area contributed by atoms with Gasteiger partial charge in [-0.2, -0.15) is 0 Å². The maximum absolute atomic E-state index is 12.1. The van der Waals surface area contributed by atoms with E-state index in [0.717, 1.165) is 10.9 Å². The minimum absolute atomic E-state index is 0.328. The quantitative estimate of drug-likeness (QED) is 0.785. The van der Waals surface area contributed by atoms with Crippen LogP contribution in [0, 0.1) is 5.92 Å². The monoisotopic (exact) mass is 290 g/mol. The van der Waals surface area contributed by atoms with Gasteiger partial charge in [-0.15, -0.1) is 0 Å². The number of hydrogen-bond donors (Lipinski definition) is 3. The number of carbonyl (C=O) groups excluding carboxylic acids is 1. The van der Waals surface area contributed by atoms with E-state index in [2.05, 4.69) is 10.3 Å². The number of fused-ring (bicyclic) bond motifs is 1. The lowest BCUT2D eigenvalue weighted by Crippen LogP contribution is -2.40. The second kappa shape index (κ2) is 5.87. The van der Waals surface area contributed by atoms with E-state index in [1.807, 2.05) is 12.1 Å². The van der Waals surface area contributed by atoms with Crippen LogP contribution in [0.4, 0.5) is 0 Å². The van der Waals surface area contributed by atoms with Crippen molar-refractivity contribution in [1.82, 2.24) is 10.3 Å². The number of carboxylic acids is 1. The number of nitrogens with one attached hydrogen (secondary N) is 2. The van der Waals surface area contributed by atoms with Crippen LogP contribution in [0.2, 0.25) is 0 Å². The number of ether oxygens (including phenoxy) is 1. The van der Waals surface area contributed by atoms with Crippen molar-refractivity contribution in [3.05, 3.63) is 30.0 Å². The van der Waals surface area contributed by atoms with Crippen LogP contribution < -0.4 is 10.1 Å². The highest BCUT2D eigenvalue weighted by molar-refractivity contribution is 5.98. The zero-order valence-corrected chi connectivity index (χ0v) is 12.1. The minimum Gasteiger partial charge on any atom is -0.497 e. The number of methoxy groups -OCH3 is 1. The van der Waals surface area contributed by atoms with Crippen molar-refractivity contribution in [1.29, 1.82) is 0 Å². The molecule has 2 atom stereocenters. The van der Waals surface area contributed by atoms with E-state index in [1.54, 1.807) is 33.1 Å². The zero-order valence-electron chi connectivity index (χ0n) is 12.1. The van der Waals surface area contributed by atoms with E-state index in [9.17, 15) is 9.59 Å². The molecule has 2 aromatic rings. The Labute approximate surface area is 122 Å². The smallest absolute Gasteiger partial charge is 0.308 e. The Hall–Kier alpha value is -2.50. The SMILES string of the molecule is COc1ccc2[nH]c(C(=O)NC(C)C(C)C(=O)O)cc2c1. The van der Waals surface area contributed by atoms with Crippen LogP contribution in [-0.4, -0.2) is 35.1 Å². The molecule has 0 aliphatic heterocycles. The number of rotatable bonds is 5. The number of aliphatic carboxylic acids is 1. The molecule has 0 aliphatic rings. The average Bonchev–Trinajstić information content (AvgIpc) is 2.88. The van der Waals surface area contributed by atoms with Crippen LogP contribution >= 0.6 is 0 Å². The highest BCUT2D eigenvalue weighted by Crippen LogP contribution is 2.21. The molecule has 2 unspecified atom stereocenters. The Morgan fingerprint density at radius 3 is 2.62 bits per heavy atom. The molecule has 0 aliphatic carbocycles. The van der Waals surface area contributed by atoms with Crippen LogP contribution in [-0.2, 0) is 4.79 Å². The van der Waals surface area contributed by atoms with Crippen LogP contribution in [0.1, 0.15) is 24.3 Å². The Bertz CT molecular complexity index is 677. The van der Waals surface area contributed by atoms with Crippen molar-refractivity contribution in [2.75, 3.05) is 7.11 Å². The van der Waals surface area contributed by atoms with Gasteiger partial charge >= 0.3 is 5.97 Å². The van der Waals surface area contributed by atoms with Gasteiger partial charge in [-0.1, -0.05) is 0 Å². The molecule has 21 heavy (non-hydrogen) atoms. The van der Waals surface area contributed by atoms with Gasteiger partial charge in [0.15, 0.2) is 0 Å². The van der Waals surface area contributed by atoms with Gasteiger partial charge in [0.05, 0.1) is 13.0 Å². The number of aromatic nitrogens is 1. The largest absolute Gasteiger partial charge is 0.497 e. The van der Waals surface area contributed by atoms with E-state index in [-0.39, 0.29) is 5.91 Å². The molecule has 2 rings (SSSR count). The molecule has 1 aromatic heterocycles. The third-order valence-corrected chi connectivity index (χ3v) is 3.57. The van der Waals surface area contributed by atoms with Gasteiger partial charge in [-0.25, -0.2) is 0 Å². The van der Waals surface area contributed by atoms with Crippen molar-refractivity contribution in [3.8, 4) is 5.75 Å². The molecule has 0 saturated heterocycles. The first-order chi connectivity index (χ1) is 9.92. The number of H-pyrrole nitrogens is 1. The van der Waals surface area contributed by atoms with Crippen LogP contribution in [0.3, 0.4) is 0 Å². The summed E-state index contributed by atoms with van der Waals surface area (Å²) < 4.78 is 5.13.